The maximum Gasteiger partial charge on any atom is 0.135 e. The van der Waals surface area contributed by atoms with Gasteiger partial charge >= 0.3 is 0 Å². The van der Waals surface area contributed by atoms with E-state index in [0.717, 1.165) is 66.6 Å². The molecule has 1 fully saturated rings. The highest BCUT2D eigenvalue weighted by atomic mass is 35.5. The van der Waals surface area contributed by atoms with Gasteiger partial charge in [-0.2, -0.15) is 0 Å². The van der Waals surface area contributed by atoms with Crippen LogP contribution in [0.25, 0.3) is 22.1 Å². The van der Waals surface area contributed by atoms with Crippen molar-refractivity contribution in [2.45, 2.75) is 13.5 Å². The van der Waals surface area contributed by atoms with Gasteiger partial charge in [0.1, 0.15) is 29.5 Å². The quantitative estimate of drug-likeness (QED) is 0.487. The minimum Gasteiger partial charge on any atom is -1.00 e. The molecule has 0 aliphatic carbocycles. The Kier molecular flexibility index (Phi) is 6.68. The lowest BCUT2D eigenvalue weighted by Gasteiger charge is -2.33. The van der Waals surface area contributed by atoms with Crippen molar-refractivity contribution in [1.29, 1.82) is 0 Å². The van der Waals surface area contributed by atoms with E-state index in [1.807, 2.05) is 25.3 Å². The second kappa shape index (κ2) is 9.63. The van der Waals surface area contributed by atoms with Crippen LogP contribution >= 0.6 is 0 Å². The fourth-order valence-corrected chi connectivity index (χ4v) is 4.62. The maximum absolute atomic E-state index is 6.18. The van der Waals surface area contributed by atoms with Gasteiger partial charge in [0.25, 0.3) is 0 Å². The SMILES string of the molecule is COc1cc2c(-c3ccccc3)c(C)oc2cc1C[NH+]1CCN(c2ccccn2)CC1.[Cl-]. The van der Waals surface area contributed by atoms with Crippen LogP contribution in [0.1, 0.15) is 11.3 Å². The topological polar surface area (TPSA) is 42.9 Å². The summed E-state index contributed by atoms with van der Waals surface area (Å²) in [6.07, 6.45) is 1.86. The number of methoxy groups -OCH3 is 1. The van der Waals surface area contributed by atoms with Crippen molar-refractivity contribution in [1.82, 2.24) is 4.98 Å². The van der Waals surface area contributed by atoms with E-state index in [4.69, 9.17) is 9.15 Å². The Morgan fingerprint density at radius 1 is 1.03 bits per heavy atom. The third-order valence-corrected chi connectivity index (χ3v) is 6.21. The summed E-state index contributed by atoms with van der Waals surface area (Å²) in [5, 5.41) is 1.11. The van der Waals surface area contributed by atoms with Crippen LogP contribution in [-0.2, 0) is 6.54 Å². The highest BCUT2D eigenvalue weighted by molar-refractivity contribution is 5.97. The van der Waals surface area contributed by atoms with E-state index in [0.29, 0.717) is 0 Å². The van der Waals surface area contributed by atoms with Crippen LogP contribution in [0, 0.1) is 6.92 Å². The Labute approximate surface area is 195 Å². The molecule has 0 unspecified atom stereocenters. The molecule has 166 valence electrons. The van der Waals surface area contributed by atoms with Crippen molar-refractivity contribution in [2.75, 3.05) is 38.2 Å². The number of rotatable bonds is 5. The molecule has 2 aromatic heterocycles. The van der Waals surface area contributed by atoms with Crippen molar-refractivity contribution >= 4 is 16.8 Å². The molecule has 3 heterocycles. The zero-order chi connectivity index (χ0) is 21.2. The molecule has 6 heteroatoms. The average Bonchev–Trinajstić information content (AvgIpc) is 3.14. The third-order valence-electron chi connectivity index (χ3n) is 6.21. The zero-order valence-corrected chi connectivity index (χ0v) is 19.2. The average molecular weight is 450 g/mol. The fraction of sp³-hybridized carbons (Fsp3) is 0.269. The summed E-state index contributed by atoms with van der Waals surface area (Å²) in [6.45, 7) is 7.13. The molecule has 0 radical (unpaired) electrons. The summed E-state index contributed by atoms with van der Waals surface area (Å²) in [7, 11) is 1.76. The number of furan rings is 1. The zero-order valence-electron chi connectivity index (χ0n) is 18.5. The van der Waals surface area contributed by atoms with Gasteiger partial charge < -0.3 is 31.4 Å². The van der Waals surface area contributed by atoms with Gasteiger partial charge in [0.15, 0.2) is 0 Å². The molecule has 2 aromatic carbocycles. The molecule has 0 saturated carbocycles. The predicted octanol–water partition coefficient (Wildman–Crippen LogP) is 0.721. The van der Waals surface area contributed by atoms with Crippen molar-refractivity contribution in [3.8, 4) is 16.9 Å². The molecular weight excluding hydrogens is 422 g/mol. The Morgan fingerprint density at radius 2 is 1.78 bits per heavy atom. The van der Waals surface area contributed by atoms with Crippen molar-refractivity contribution in [3.63, 3.8) is 0 Å². The first-order valence-electron chi connectivity index (χ1n) is 10.9. The number of anilines is 1. The second-order valence-corrected chi connectivity index (χ2v) is 8.16. The number of aromatic nitrogens is 1. The highest BCUT2D eigenvalue weighted by Crippen LogP contribution is 2.37. The van der Waals surface area contributed by atoms with E-state index in [2.05, 4.69) is 58.4 Å². The lowest BCUT2D eigenvalue weighted by Crippen LogP contribution is -3.13. The number of nitrogens with zero attached hydrogens (tertiary/aromatic N) is 2. The van der Waals surface area contributed by atoms with E-state index in [1.54, 1.807) is 12.0 Å². The van der Waals surface area contributed by atoms with Crippen LogP contribution in [0.15, 0.2) is 71.3 Å². The number of ether oxygens (including phenoxy) is 1. The highest BCUT2D eigenvalue weighted by Gasteiger charge is 2.23. The number of hydrogen-bond donors (Lipinski definition) is 1. The summed E-state index contributed by atoms with van der Waals surface area (Å²) < 4.78 is 12.0. The van der Waals surface area contributed by atoms with Gasteiger partial charge in [0.2, 0.25) is 0 Å². The molecule has 5 nitrogen and oxygen atoms in total. The van der Waals surface area contributed by atoms with E-state index >= 15 is 0 Å². The van der Waals surface area contributed by atoms with Crippen LogP contribution in [0.4, 0.5) is 5.82 Å². The third kappa shape index (κ3) is 4.31. The molecule has 1 aliphatic rings. The van der Waals surface area contributed by atoms with Gasteiger partial charge in [-0.05, 0) is 36.8 Å². The fourth-order valence-electron chi connectivity index (χ4n) is 4.62. The Hall–Kier alpha value is -3.02. The monoisotopic (exact) mass is 449 g/mol. The van der Waals surface area contributed by atoms with Gasteiger partial charge in [0, 0.05) is 17.1 Å². The number of halogens is 1. The molecule has 1 saturated heterocycles. The first-order valence-corrected chi connectivity index (χ1v) is 10.9. The normalized spacial score (nSPS) is 14.4. The van der Waals surface area contributed by atoms with E-state index in [-0.39, 0.29) is 12.4 Å². The van der Waals surface area contributed by atoms with E-state index in [1.165, 1.54) is 11.1 Å². The first-order chi connectivity index (χ1) is 15.2. The Morgan fingerprint density at radius 3 is 2.47 bits per heavy atom. The van der Waals surface area contributed by atoms with Crippen LogP contribution < -0.4 is 26.9 Å². The summed E-state index contributed by atoms with van der Waals surface area (Å²) >= 11 is 0. The maximum atomic E-state index is 6.18. The van der Waals surface area contributed by atoms with Crippen LogP contribution in [0.2, 0.25) is 0 Å². The summed E-state index contributed by atoms with van der Waals surface area (Å²) in [5.41, 5.74) is 4.45. The van der Waals surface area contributed by atoms with Crippen LogP contribution in [-0.4, -0.2) is 38.3 Å². The van der Waals surface area contributed by atoms with Crippen LogP contribution in [0.3, 0.4) is 0 Å². The van der Waals surface area contributed by atoms with Crippen molar-refractivity contribution in [2.24, 2.45) is 0 Å². The minimum absolute atomic E-state index is 0. The number of piperazine rings is 1. The first kappa shape index (κ1) is 22.2. The summed E-state index contributed by atoms with van der Waals surface area (Å²) in [6, 6.07) is 20.8. The molecule has 0 bridgehead atoms. The Bertz CT molecular complexity index is 1170. The summed E-state index contributed by atoms with van der Waals surface area (Å²) in [4.78, 5) is 8.41. The number of aryl methyl sites for hydroxylation is 1. The van der Waals surface area contributed by atoms with Gasteiger partial charge in [-0.3, -0.25) is 0 Å². The molecule has 1 aliphatic heterocycles. The standard InChI is InChI=1S/C26H27N3O2.ClH/c1-19-26(20-8-4-3-5-9-20)22-17-23(30-2)21(16-24(22)31-19)18-28-12-14-29(15-13-28)25-10-6-7-11-27-25;/h3-11,16-17H,12-15,18H2,1-2H3;1H. The molecule has 4 aromatic rings. The molecule has 5 rings (SSSR count). The predicted molar refractivity (Wildman–Crippen MR) is 124 cm³/mol. The largest absolute Gasteiger partial charge is 1.00 e. The minimum atomic E-state index is 0. The smallest absolute Gasteiger partial charge is 0.135 e. The molecule has 0 atom stereocenters. The van der Waals surface area contributed by atoms with Gasteiger partial charge in [0.05, 0.1) is 38.9 Å². The van der Waals surface area contributed by atoms with Gasteiger partial charge in [-0.1, -0.05) is 36.4 Å². The van der Waals surface area contributed by atoms with E-state index in [9.17, 15) is 0 Å². The molecule has 0 spiro atoms. The number of quaternary nitrogens is 1. The van der Waals surface area contributed by atoms with Crippen molar-refractivity contribution < 1.29 is 26.5 Å². The molecular formula is C26H28ClN3O2. The molecule has 32 heavy (non-hydrogen) atoms. The molecule has 0 amide bonds. The van der Waals surface area contributed by atoms with Crippen molar-refractivity contribution in [3.05, 3.63) is 78.2 Å². The van der Waals surface area contributed by atoms with E-state index < -0.39 is 0 Å². The number of nitrogens with one attached hydrogen (secondary N) is 1. The van der Waals surface area contributed by atoms with Gasteiger partial charge in [-0.25, -0.2) is 4.98 Å². The number of pyridine rings is 1. The van der Waals surface area contributed by atoms with Crippen LogP contribution in [0.5, 0.6) is 5.75 Å². The Balaban J connectivity index is 0.00000245. The number of benzene rings is 2. The molecule has 1 N–H and O–H groups in total. The second-order valence-electron chi connectivity index (χ2n) is 8.16. The number of hydrogen-bond acceptors (Lipinski definition) is 4. The lowest BCUT2D eigenvalue weighted by molar-refractivity contribution is -0.914. The summed E-state index contributed by atoms with van der Waals surface area (Å²) in [5.74, 6) is 2.95. The lowest BCUT2D eigenvalue weighted by atomic mass is 10.0. The van der Waals surface area contributed by atoms with Gasteiger partial charge in [-0.15, -0.1) is 0 Å². The number of fused-ring (bicyclic) bond motifs is 1.